The van der Waals surface area contributed by atoms with Crippen molar-refractivity contribution >= 4 is 5.91 Å². The average Bonchev–Trinajstić information content (AvgIpc) is 2.88. The molecule has 0 spiro atoms. The summed E-state index contributed by atoms with van der Waals surface area (Å²) >= 11 is 0. The summed E-state index contributed by atoms with van der Waals surface area (Å²) in [6, 6.07) is 1.25. The third-order valence-corrected chi connectivity index (χ3v) is 2.97. The van der Waals surface area contributed by atoms with E-state index in [9.17, 15) is 15.0 Å². The summed E-state index contributed by atoms with van der Waals surface area (Å²) in [6.07, 6.45) is 3.74. The predicted molar refractivity (Wildman–Crippen MR) is 62.3 cm³/mol. The van der Waals surface area contributed by atoms with Crippen molar-refractivity contribution in [3.63, 3.8) is 0 Å². The van der Waals surface area contributed by atoms with Crippen molar-refractivity contribution in [2.24, 2.45) is 0 Å². The number of rotatable bonds is 6. The Kier molecular flexibility index (Phi) is 4.65. The van der Waals surface area contributed by atoms with Crippen molar-refractivity contribution in [1.29, 1.82) is 0 Å². The number of aliphatic hydroxyl groups excluding tert-OH is 2. The fraction of sp³-hybridized carbons (Fsp3) is 0.636. The van der Waals surface area contributed by atoms with Crippen molar-refractivity contribution in [3.8, 4) is 0 Å². The van der Waals surface area contributed by atoms with E-state index in [0.29, 0.717) is 6.42 Å². The van der Waals surface area contributed by atoms with E-state index >= 15 is 0 Å². The van der Waals surface area contributed by atoms with Crippen LogP contribution in [0.25, 0.3) is 0 Å². The van der Waals surface area contributed by atoms with Crippen LogP contribution in [0.3, 0.4) is 0 Å². The molecule has 1 atom stereocenters. The van der Waals surface area contributed by atoms with Crippen LogP contribution in [-0.2, 0) is 4.79 Å². The summed E-state index contributed by atoms with van der Waals surface area (Å²) in [4.78, 5) is 11.9. The van der Waals surface area contributed by atoms with Gasteiger partial charge in [-0.15, -0.1) is 0 Å². The SMILES string of the molecule is CCC(CO)(CO)NC(=O)C(C)n1cccn1. The van der Waals surface area contributed by atoms with Crippen LogP contribution in [0.15, 0.2) is 18.5 Å². The van der Waals surface area contributed by atoms with Crippen LogP contribution in [0.2, 0.25) is 0 Å². The second kappa shape index (κ2) is 5.79. The number of amides is 1. The molecule has 1 rings (SSSR count). The van der Waals surface area contributed by atoms with Gasteiger partial charge in [-0.3, -0.25) is 9.48 Å². The molecule has 3 N–H and O–H groups in total. The highest BCUT2D eigenvalue weighted by Crippen LogP contribution is 2.11. The van der Waals surface area contributed by atoms with Crippen molar-refractivity contribution in [2.45, 2.75) is 31.8 Å². The molecule has 1 heterocycles. The van der Waals surface area contributed by atoms with Gasteiger partial charge in [0.1, 0.15) is 6.04 Å². The van der Waals surface area contributed by atoms with Crippen LogP contribution in [0.4, 0.5) is 0 Å². The van der Waals surface area contributed by atoms with E-state index in [0.717, 1.165) is 0 Å². The molecule has 0 saturated carbocycles. The maximum absolute atomic E-state index is 11.9. The third-order valence-electron chi connectivity index (χ3n) is 2.97. The fourth-order valence-corrected chi connectivity index (χ4v) is 1.44. The number of aliphatic hydroxyl groups is 2. The molecule has 0 fully saturated rings. The Labute approximate surface area is 100 Å². The van der Waals surface area contributed by atoms with Crippen molar-refractivity contribution in [2.75, 3.05) is 13.2 Å². The quantitative estimate of drug-likeness (QED) is 0.638. The minimum atomic E-state index is -0.960. The maximum atomic E-state index is 11.9. The molecule has 0 aliphatic carbocycles. The Morgan fingerprint density at radius 3 is 2.59 bits per heavy atom. The molecule has 1 amide bonds. The first-order valence-corrected chi connectivity index (χ1v) is 5.61. The van der Waals surface area contributed by atoms with Gasteiger partial charge < -0.3 is 15.5 Å². The van der Waals surface area contributed by atoms with E-state index in [-0.39, 0.29) is 19.1 Å². The second-order valence-corrected chi connectivity index (χ2v) is 4.10. The standard InChI is InChI=1S/C11H19N3O3/c1-3-11(7-15,8-16)13-10(17)9(2)14-6-4-5-12-14/h4-6,9,15-16H,3,7-8H2,1-2H3,(H,13,17). The summed E-state index contributed by atoms with van der Waals surface area (Å²) in [5, 5.41) is 25.1. The van der Waals surface area contributed by atoms with E-state index in [1.807, 2.05) is 0 Å². The lowest BCUT2D eigenvalue weighted by Gasteiger charge is -2.31. The van der Waals surface area contributed by atoms with E-state index in [4.69, 9.17) is 0 Å². The molecule has 0 aliphatic rings. The number of aromatic nitrogens is 2. The summed E-state index contributed by atoms with van der Waals surface area (Å²) in [5.41, 5.74) is -0.960. The number of nitrogens with one attached hydrogen (secondary N) is 1. The van der Waals surface area contributed by atoms with E-state index in [2.05, 4.69) is 10.4 Å². The van der Waals surface area contributed by atoms with Crippen LogP contribution in [-0.4, -0.2) is 44.7 Å². The number of hydrogen-bond acceptors (Lipinski definition) is 4. The molecule has 0 bridgehead atoms. The van der Waals surface area contributed by atoms with Gasteiger partial charge in [0.15, 0.2) is 0 Å². The molecule has 0 aromatic carbocycles. The Balaban J connectivity index is 2.71. The lowest BCUT2D eigenvalue weighted by atomic mass is 9.98. The second-order valence-electron chi connectivity index (χ2n) is 4.10. The van der Waals surface area contributed by atoms with E-state index < -0.39 is 11.6 Å². The summed E-state index contributed by atoms with van der Waals surface area (Å²) < 4.78 is 1.52. The zero-order valence-corrected chi connectivity index (χ0v) is 10.1. The molecule has 96 valence electrons. The van der Waals surface area contributed by atoms with Gasteiger partial charge in [-0.1, -0.05) is 6.92 Å². The number of hydrogen-bond donors (Lipinski definition) is 3. The highest BCUT2D eigenvalue weighted by Gasteiger charge is 2.30. The molecule has 1 aromatic heterocycles. The highest BCUT2D eigenvalue weighted by atomic mass is 16.3. The lowest BCUT2D eigenvalue weighted by molar-refractivity contribution is -0.127. The van der Waals surface area contributed by atoms with Gasteiger partial charge in [-0.25, -0.2) is 0 Å². The Morgan fingerprint density at radius 2 is 2.18 bits per heavy atom. The van der Waals surface area contributed by atoms with Crippen molar-refractivity contribution < 1.29 is 15.0 Å². The first-order chi connectivity index (χ1) is 8.08. The molecule has 1 unspecified atom stereocenters. The molecule has 6 nitrogen and oxygen atoms in total. The molecule has 0 aliphatic heterocycles. The first kappa shape index (κ1) is 13.7. The Bertz CT molecular complexity index is 339. The largest absolute Gasteiger partial charge is 0.394 e. The Morgan fingerprint density at radius 1 is 1.53 bits per heavy atom. The average molecular weight is 241 g/mol. The fourth-order valence-electron chi connectivity index (χ4n) is 1.44. The predicted octanol–water partition coefficient (Wildman–Crippen LogP) is -0.306. The van der Waals surface area contributed by atoms with Crippen LogP contribution in [0.5, 0.6) is 0 Å². The molecule has 0 radical (unpaired) electrons. The van der Waals surface area contributed by atoms with Gasteiger partial charge in [-0.2, -0.15) is 5.10 Å². The van der Waals surface area contributed by atoms with Gasteiger partial charge in [0, 0.05) is 12.4 Å². The van der Waals surface area contributed by atoms with Gasteiger partial charge >= 0.3 is 0 Å². The van der Waals surface area contributed by atoms with Gasteiger partial charge in [-0.05, 0) is 19.4 Å². The molecule has 1 aromatic rings. The smallest absolute Gasteiger partial charge is 0.245 e. The molecule has 6 heteroatoms. The van der Waals surface area contributed by atoms with Crippen LogP contribution < -0.4 is 5.32 Å². The minimum Gasteiger partial charge on any atom is -0.394 e. The number of carbonyl (C=O) groups excluding carboxylic acids is 1. The lowest BCUT2D eigenvalue weighted by Crippen LogP contribution is -2.55. The summed E-state index contributed by atoms with van der Waals surface area (Å²) in [7, 11) is 0. The highest BCUT2D eigenvalue weighted by molar-refractivity contribution is 5.80. The zero-order chi connectivity index (χ0) is 12.9. The normalized spacial score (nSPS) is 13.4. The van der Waals surface area contributed by atoms with Gasteiger partial charge in [0.2, 0.25) is 5.91 Å². The number of carbonyl (C=O) groups is 1. The molecular weight excluding hydrogens is 222 g/mol. The monoisotopic (exact) mass is 241 g/mol. The van der Waals surface area contributed by atoms with Crippen LogP contribution >= 0.6 is 0 Å². The van der Waals surface area contributed by atoms with Crippen LogP contribution in [0, 0.1) is 0 Å². The Hall–Kier alpha value is -1.40. The molecule has 0 saturated heterocycles. The molecular formula is C11H19N3O3. The third kappa shape index (κ3) is 3.04. The van der Waals surface area contributed by atoms with E-state index in [1.54, 1.807) is 32.3 Å². The summed E-state index contributed by atoms with van der Waals surface area (Å²) in [5.74, 6) is -0.279. The van der Waals surface area contributed by atoms with E-state index in [1.165, 1.54) is 4.68 Å². The summed E-state index contributed by atoms with van der Waals surface area (Å²) in [6.45, 7) is 2.91. The first-order valence-electron chi connectivity index (χ1n) is 5.61. The van der Waals surface area contributed by atoms with Crippen molar-refractivity contribution in [1.82, 2.24) is 15.1 Å². The van der Waals surface area contributed by atoms with Crippen LogP contribution in [0.1, 0.15) is 26.3 Å². The van der Waals surface area contributed by atoms with Gasteiger partial charge in [0.05, 0.1) is 18.8 Å². The number of nitrogens with zero attached hydrogens (tertiary/aromatic N) is 2. The van der Waals surface area contributed by atoms with Gasteiger partial charge in [0.25, 0.3) is 0 Å². The maximum Gasteiger partial charge on any atom is 0.245 e. The van der Waals surface area contributed by atoms with Crippen molar-refractivity contribution in [3.05, 3.63) is 18.5 Å². The molecule has 17 heavy (non-hydrogen) atoms. The zero-order valence-electron chi connectivity index (χ0n) is 10.1. The minimum absolute atomic E-state index is 0.279. The topological polar surface area (TPSA) is 87.4 Å².